The highest BCUT2D eigenvalue weighted by Crippen LogP contribution is 2.41. The van der Waals surface area contributed by atoms with E-state index in [1.807, 2.05) is 42.5 Å². The van der Waals surface area contributed by atoms with Gasteiger partial charge in [-0.2, -0.15) is 5.10 Å². The number of hydrogen-bond acceptors (Lipinski definition) is 3. The molecule has 5 rings (SSSR count). The van der Waals surface area contributed by atoms with Crippen LogP contribution in [0.5, 0.6) is 0 Å². The minimum atomic E-state index is 0.907. The molecule has 4 heteroatoms. The number of hydrogen-bond donors (Lipinski definition) is 1. The van der Waals surface area contributed by atoms with Gasteiger partial charge in [0.25, 0.3) is 0 Å². The van der Waals surface area contributed by atoms with Gasteiger partial charge >= 0.3 is 0 Å². The molecule has 0 saturated carbocycles. The number of para-hydroxylation sites is 1. The molecule has 0 radical (unpaired) electrons. The third-order valence-electron chi connectivity index (χ3n) is 4.38. The smallest absolute Gasteiger partial charge is 0.145 e. The molecular formula is C22H15N3S. The molecule has 3 aromatic carbocycles. The zero-order chi connectivity index (χ0) is 17.3. The second kappa shape index (κ2) is 6.24. The third kappa shape index (κ3) is 2.52. The Labute approximate surface area is 155 Å². The van der Waals surface area contributed by atoms with Crippen LogP contribution in [0.1, 0.15) is 0 Å². The monoisotopic (exact) mass is 353 g/mol. The largest absolute Gasteiger partial charge is 0.277 e. The highest BCUT2D eigenvalue weighted by atomic mass is 32.1. The molecule has 0 spiro atoms. The van der Waals surface area contributed by atoms with E-state index in [-0.39, 0.29) is 0 Å². The predicted molar refractivity (Wildman–Crippen MR) is 108 cm³/mol. The summed E-state index contributed by atoms with van der Waals surface area (Å²) >= 11 is 1.69. The fourth-order valence-electron chi connectivity index (χ4n) is 3.12. The van der Waals surface area contributed by atoms with Gasteiger partial charge in [-0.1, -0.05) is 78.9 Å². The number of fused-ring (bicyclic) bond motifs is 1. The number of thiazole rings is 1. The van der Waals surface area contributed by atoms with Crippen molar-refractivity contribution in [2.24, 2.45) is 0 Å². The van der Waals surface area contributed by atoms with Gasteiger partial charge in [0, 0.05) is 10.9 Å². The Morgan fingerprint density at radius 3 is 2.08 bits per heavy atom. The fourth-order valence-corrected chi connectivity index (χ4v) is 4.22. The van der Waals surface area contributed by atoms with Gasteiger partial charge < -0.3 is 0 Å². The van der Waals surface area contributed by atoms with E-state index in [2.05, 4.69) is 52.7 Å². The minimum Gasteiger partial charge on any atom is -0.277 e. The van der Waals surface area contributed by atoms with Gasteiger partial charge in [-0.25, -0.2) is 4.98 Å². The van der Waals surface area contributed by atoms with Crippen LogP contribution < -0.4 is 0 Å². The summed E-state index contributed by atoms with van der Waals surface area (Å²) in [5, 5.41) is 9.67. The SMILES string of the molecule is c1ccc(-c2nc(-c3n[nH]c4ccccc34)sc2-c2ccccc2)cc1. The lowest BCUT2D eigenvalue weighted by atomic mass is 10.1. The van der Waals surface area contributed by atoms with Crippen LogP contribution in [0.3, 0.4) is 0 Å². The Morgan fingerprint density at radius 1 is 0.654 bits per heavy atom. The van der Waals surface area contributed by atoms with Crippen molar-refractivity contribution in [1.29, 1.82) is 0 Å². The summed E-state index contributed by atoms with van der Waals surface area (Å²) in [5.41, 5.74) is 5.23. The molecule has 0 saturated heterocycles. The molecule has 3 nitrogen and oxygen atoms in total. The van der Waals surface area contributed by atoms with E-state index >= 15 is 0 Å². The highest BCUT2D eigenvalue weighted by Gasteiger charge is 2.18. The molecule has 26 heavy (non-hydrogen) atoms. The van der Waals surface area contributed by atoms with Crippen molar-refractivity contribution < 1.29 is 0 Å². The summed E-state index contributed by atoms with van der Waals surface area (Å²) in [6.07, 6.45) is 0. The maximum Gasteiger partial charge on any atom is 0.145 e. The normalized spacial score (nSPS) is 11.1. The van der Waals surface area contributed by atoms with Crippen LogP contribution >= 0.6 is 11.3 Å². The standard InChI is InChI=1S/C22H15N3S/c1-3-9-15(10-4-1)19-21(16-11-5-2-6-12-16)26-22(23-19)20-17-13-7-8-14-18(17)24-25-20/h1-14H,(H,24,25). The van der Waals surface area contributed by atoms with E-state index in [1.165, 1.54) is 10.4 Å². The Hall–Kier alpha value is -3.24. The Kier molecular flexibility index (Phi) is 3.61. The molecule has 0 fully saturated rings. The van der Waals surface area contributed by atoms with Crippen LogP contribution in [-0.2, 0) is 0 Å². The lowest BCUT2D eigenvalue weighted by Crippen LogP contribution is -1.82. The molecule has 124 valence electrons. The van der Waals surface area contributed by atoms with E-state index in [4.69, 9.17) is 4.98 Å². The quantitative estimate of drug-likeness (QED) is 0.431. The summed E-state index contributed by atoms with van der Waals surface area (Å²) < 4.78 is 0. The molecule has 5 aromatic rings. The topological polar surface area (TPSA) is 41.6 Å². The first-order valence-electron chi connectivity index (χ1n) is 8.45. The summed E-state index contributed by atoms with van der Waals surface area (Å²) in [4.78, 5) is 6.15. The fraction of sp³-hybridized carbons (Fsp3) is 0. The summed E-state index contributed by atoms with van der Waals surface area (Å²) in [6, 6.07) is 28.9. The molecule has 0 amide bonds. The number of aromatic nitrogens is 3. The first-order valence-corrected chi connectivity index (χ1v) is 9.27. The van der Waals surface area contributed by atoms with Crippen LogP contribution in [0.15, 0.2) is 84.9 Å². The van der Waals surface area contributed by atoms with Crippen molar-refractivity contribution in [3.63, 3.8) is 0 Å². The molecule has 1 N–H and O–H groups in total. The number of nitrogens with one attached hydrogen (secondary N) is 1. The first-order chi connectivity index (χ1) is 12.9. The second-order valence-electron chi connectivity index (χ2n) is 6.05. The van der Waals surface area contributed by atoms with Crippen LogP contribution in [0.4, 0.5) is 0 Å². The number of aromatic amines is 1. The summed E-state index contributed by atoms with van der Waals surface area (Å²) in [5.74, 6) is 0. The number of rotatable bonds is 3. The van der Waals surface area contributed by atoms with Crippen LogP contribution in [-0.4, -0.2) is 15.2 Å². The van der Waals surface area contributed by atoms with Crippen molar-refractivity contribution in [1.82, 2.24) is 15.2 Å². The zero-order valence-corrected chi connectivity index (χ0v) is 14.7. The predicted octanol–water partition coefficient (Wildman–Crippen LogP) is 6.02. The lowest BCUT2D eigenvalue weighted by Gasteiger charge is -2.02. The second-order valence-corrected chi connectivity index (χ2v) is 7.05. The van der Waals surface area contributed by atoms with Gasteiger partial charge in [0.1, 0.15) is 10.7 Å². The average Bonchev–Trinajstić information content (AvgIpc) is 3.34. The number of H-pyrrole nitrogens is 1. The first kappa shape index (κ1) is 15.0. The molecule has 0 aliphatic heterocycles. The van der Waals surface area contributed by atoms with Gasteiger partial charge in [0.15, 0.2) is 0 Å². The zero-order valence-electron chi connectivity index (χ0n) is 13.9. The Bertz CT molecular complexity index is 1120. The minimum absolute atomic E-state index is 0.907. The van der Waals surface area contributed by atoms with E-state index in [9.17, 15) is 0 Å². The molecule has 0 bridgehead atoms. The van der Waals surface area contributed by atoms with Gasteiger partial charge in [0.05, 0.1) is 16.1 Å². The summed E-state index contributed by atoms with van der Waals surface area (Å²) in [7, 11) is 0. The molecule has 0 unspecified atom stereocenters. The van der Waals surface area contributed by atoms with Crippen LogP contribution in [0, 0.1) is 0 Å². The highest BCUT2D eigenvalue weighted by molar-refractivity contribution is 7.19. The maximum atomic E-state index is 4.99. The Morgan fingerprint density at radius 2 is 1.31 bits per heavy atom. The molecule has 2 aromatic heterocycles. The maximum absolute atomic E-state index is 4.99. The number of benzene rings is 3. The van der Waals surface area contributed by atoms with Gasteiger partial charge in [0.2, 0.25) is 0 Å². The van der Waals surface area contributed by atoms with Crippen LogP contribution in [0.25, 0.3) is 43.3 Å². The van der Waals surface area contributed by atoms with E-state index < -0.39 is 0 Å². The molecule has 2 heterocycles. The van der Waals surface area contributed by atoms with E-state index in [0.717, 1.165) is 32.9 Å². The van der Waals surface area contributed by atoms with Crippen molar-refractivity contribution in [2.45, 2.75) is 0 Å². The van der Waals surface area contributed by atoms with Crippen molar-refractivity contribution in [3.05, 3.63) is 84.9 Å². The molecule has 0 aliphatic carbocycles. The van der Waals surface area contributed by atoms with Gasteiger partial charge in [-0.15, -0.1) is 11.3 Å². The Balaban J connectivity index is 1.75. The van der Waals surface area contributed by atoms with Gasteiger partial charge in [-0.3, -0.25) is 5.10 Å². The summed E-state index contributed by atoms with van der Waals surface area (Å²) in [6.45, 7) is 0. The van der Waals surface area contributed by atoms with Crippen molar-refractivity contribution >= 4 is 22.2 Å². The lowest BCUT2D eigenvalue weighted by molar-refractivity contribution is 1.12. The molecular weight excluding hydrogens is 338 g/mol. The van der Waals surface area contributed by atoms with Crippen molar-refractivity contribution in [3.8, 4) is 32.4 Å². The van der Waals surface area contributed by atoms with E-state index in [0.29, 0.717) is 0 Å². The average molecular weight is 353 g/mol. The van der Waals surface area contributed by atoms with E-state index in [1.54, 1.807) is 11.3 Å². The van der Waals surface area contributed by atoms with Crippen LogP contribution in [0.2, 0.25) is 0 Å². The van der Waals surface area contributed by atoms with Crippen molar-refractivity contribution in [2.75, 3.05) is 0 Å². The number of nitrogens with zero attached hydrogens (tertiary/aromatic N) is 2. The van der Waals surface area contributed by atoms with Gasteiger partial charge in [-0.05, 0) is 11.6 Å². The molecule has 0 aliphatic rings. The molecule has 0 atom stereocenters. The third-order valence-corrected chi connectivity index (χ3v) is 5.49.